The van der Waals surface area contributed by atoms with E-state index in [4.69, 9.17) is 18.7 Å². The Morgan fingerprint density at radius 1 is 1.27 bits per heavy atom. The third-order valence-electron chi connectivity index (χ3n) is 4.87. The van der Waals surface area contributed by atoms with Gasteiger partial charge in [-0.05, 0) is 38.3 Å². The first kappa shape index (κ1) is 19.7. The highest BCUT2D eigenvalue weighted by atomic mass is 16.6. The molecule has 1 aliphatic rings. The van der Waals surface area contributed by atoms with Crippen LogP contribution in [0.4, 0.5) is 0 Å². The van der Waals surface area contributed by atoms with Crippen molar-refractivity contribution in [1.82, 2.24) is 19.9 Å². The largest absolute Gasteiger partial charge is 0.500 e. The van der Waals surface area contributed by atoms with Gasteiger partial charge in [-0.2, -0.15) is 10.1 Å². The minimum atomic E-state index is -0.647. The van der Waals surface area contributed by atoms with Crippen LogP contribution in [0.1, 0.15) is 30.1 Å². The number of aryl methyl sites for hydroxylation is 1. The Morgan fingerprint density at radius 2 is 2.07 bits per heavy atom. The zero-order chi connectivity index (χ0) is 21.3. The molecule has 1 aromatic carbocycles. The van der Waals surface area contributed by atoms with E-state index >= 15 is 0 Å². The number of ether oxygens (including phenoxy) is 3. The van der Waals surface area contributed by atoms with Crippen LogP contribution in [0.3, 0.4) is 0 Å². The van der Waals surface area contributed by atoms with Crippen molar-refractivity contribution in [2.45, 2.75) is 32.7 Å². The molecule has 2 aromatic heterocycles. The number of aromatic nitrogens is 4. The van der Waals surface area contributed by atoms with Gasteiger partial charge in [-0.3, -0.25) is 4.68 Å². The molecule has 9 heteroatoms. The van der Waals surface area contributed by atoms with Gasteiger partial charge in [0.15, 0.2) is 0 Å². The molecule has 0 unspecified atom stereocenters. The van der Waals surface area contributed by atoms with E-state index < -0.39 is 5.97 Å². The van der Waals surface area contributed by atoms with Crippen LogP contribution >= 0.6 is 0 Å². The number of esters is 1. The van der Waals surface area contributed by atoms with E-state index in [9.17, 15) is 4.79 Å². The van der Waals surface area contributed by atoms with Crippen molar-refractivity contribution >= 4 is 5.97 Å². The highest BCUT2D eigenvalue weighted by molar-refractivity contribution is 5.86. The second-order valence-electron chi connectivity index (χ2n) is 7.03. The molecule has 0 aliphatic heterocycles. The number of carbonyl (C=O) groups excluding carboxylic acids is 1. The number of carbonyl (C=O) groups is 1. The van der Waals surface area contributed by atoms with Crippen LogP contribution in [0.2, 0.25) is 0 Å². The minimum absolute atomic E-state index is 0.0721. The second kappa shape index (κ2) is 8.02. The summed E-state index contributed by atoms with van der Waals surface area (Å²) in [5, 5.41) is 8.55. The highest BCUT2D eigenvalue weighted by Gasteiger charge is 2.28. The van der Waals surface area contributed by atoms with Gasteiger partial charge in [-0.1, -0.05) is 17.3 Å². The lowest BCUT2D eigenvalue weighted by Crippen LogP contribution is -2.11. The lowest BCUT2D eigenvalue weighted by Gasteiger charge is -2.11. The number of hydrogen-bond donors (Lipinski definition) is 0. The average Bonchev–Trinajstić information content (AvgIpc) is 3.34. The summed E-state index contributed by atoms with van der Waals surface area (Å²) in [7, 11) is 2.69. The molecule has 156 valence electrons. The van der Waals surface area contributed by atoms with Gasteiger partial charge in [0, 0.05) is 11.3 Å². The molecule has 0 spiro atoms. The quantitative estimate of drug-likeness (QED) is 0.331. The van der Waals surface area contributed by atoms with E-state index in [1.165, 1.54) is 20.5 Å². The summed E-state index contributed by atoms with van der Waals surface area (Å²) in [6.45, 7) is 3.86. The number of benzene rings is 1. The SMILES string of the molecule is CO/C=C(\Oc1cc(-c2noc(-c3cnn(C4CC4)c3C)n2)ccc1C)C(=O)OC. The highest BCUT2D eigenvalue weighted by Crippen LogP contribution is 2.37. The lowest BCUT2D eigenvalue weighted by atomic mass is 10.1. The summed E-state index contributed by atoms with van der Waals surface area (Å²) in [6, 6.07) is 5.91. The number of hydrogen-bond acceptors (Lipinski definition) is 8. The van der Waals surface area contributed by atoms with E-state index in [0.29, 0.717) is 29.1 Å². The number of nitrogens with zero attached hydrogens (tertiary/aromatic N) is 4. The predicted octanol–water partition coefficient (Wildman–Crippen LogP) is 3.59. The van der Waals surface area contributed by atoms with Crippen LogP contribution in [-0.2, 0) is 14.3 Å². The van der Waals surface area contributed by atoms with Crippen LogP contribution in [0.25, 0.3) is 22.8 Å². The lowest BCUT2D eigenvalue weighted by molar-refractivity contribution is -0.138. The smallest absolute Gasteiger partial charge is 0.377 e. The van der Waals surface area contributed by atoms with Crippen LogP contribution in [0.5, 0.6) is 5.75 Å². The van der Waals surface area contributed by atoms with Crippen molar-refractivity contribution < 1.29 is 23.5 Å². The molecule has 30 heavy (non-hydrogen) atoms. The summed E-state index contributed by atoms with van der Waals surface area (Å²) < 4.78 is 22.8. The summed E-state index contributed by atoms with van der Waals surface area (Å²) in [6.07, 6.45) is 5.24. The molecule has 0 N–H and O–H groups in total. The Labute approximate surface area is 173 Å². The molecule has 0 saturated heterocycles. The minimum Gasteiger partial charge on any atom is -0.500 e. The molecule has 1 aliphatic carbocycles. The Bertz CT molecular complexity index is 1110. The first-order chi connectivity index (χ1) is 14.5. The summed E-state index contributed by atoms with van der Waals surface area (Å²) in [5.74, 6) is 0.546. The summed E-state index contributed by atoms with van der Waals surface area (Å²) in [5.41, 5.74) is 3.32. The first-order valence-electron chi connectivity index (χ1n) is 9.50. The van der Waals surface area contributed by atoms with E-state index in [0.717, 1.165) is 29.7 Å². The Balaban J connectivity index is 1.62. The first-order valence-corrected chi connectivity index (χ1v) is 9.50. The van der Waals surface area contributed by atoms with Gasteiger partial charge in [-0.15, -0.1) is 0 Å². The van der Waals surface area contributed by atoms with Gasteiger partial charge in [0.2, 0.25) is 11.6 Å². The van der Waals surface area contributed by atoms with Crippen molar-refractivity contribution in [3.05, 3.63) is 47.7 Å². The van der Waals surface area contributed by atoms with Crippen molar-refractivity contribution in [1.29, 1.82) is 0 Å². The fourth-order valence-corrected chi connectivity index (χ4v) is 3.06. The summed E-state index contributed by atoms with van der Waals surface area (Å²) in [4.78, 5) is 16.4. The van der Waals surface area contributed by atoms with Crippen molar-refractivity contribution in [2.75, 3.05) is 14.2 Å². The number of methoxy groups -OCH3 is 2. The molecule has 1 fully saturated rings. The Hall–Kier alpha value is -3.62. The van der Waals surface area contributed by atoms with Gasteiger partial charge < -0.3 is 18.7 Å². The zero-order valence-electron chi connectivity index (χ0n) is 17.2. The monoisotopic (exact) mass is 410 g/mol. The van der Waals surface area contributed by atoms with Crippen LogP contribution in [0.15, 0.2) is 40.9 Å². The maximum Gasteiger partial charge on any atom is 0.377 e. The maximum atomic E-state index is 11.9. The Kier molecular flexibility index (Phi) is 5.26. The van der Waals surface area contributed by atoms with Crippen LogP contribution < -0.4 is 4.74 Å². The third kappa shape index (κ3) is 3.78. The molecule has 4 rings (SSSR count). The normalized spacial score (nSPS) is 13.9. The fourth-order valence-electron chi connectivity index (χ4n) is 3.06. The predicted molar refractivity (Wildman–Crippen MR) is 106 cm³/mol. The summed E-state index contributed by atoms with van der Waals surface area (Å²) >= 11 is 0. The molecular formula is C21H22N4O5. The molecule has 9 nitrogen and oxygen atoms in total. The van der Waals surface area contributed by atoms with E-state index in [1.807, 2.05) is 30.7 Å². The van der Waals surface area contributed by atoms with E-state index in [2.05, 4.69) is 15.2 Å². The Morgan fingerprint density at radius 3 is 2.77 bits per heavy atom. The molecule has 0 amide bonds. The molecule has 0 atom stereocenters. The van der Waals surface area contributed by atoms with Crippen molar-refractivity contribution in [3.8, 4) is 28.6 Å². The molecule has 2 heterocycles. The molecular weight excluding hydrogens is 388 g/mol. The molecule has 0 radical (unpaired) electrons. The van der Waals surface area contributed by atoms with E-state index in [1.54, 1.807) is 12.3 Å². The zero-order valence-corrected chi connectivity index (χ0v) is 17.2. The maximum absolute atomic E-state index is 11.9. The average molecular weight is 410 g/mol. The van der Waals surface area contributed by atoms with Crippen LogP contribution in [0, 0.1) is 13.8 Å². The van der Waals surface area contributed by atoms with Crippen molar-refractivity contribution in [3.63, 3.8) is 0 Å². The standard InChI is InChI=1S/C21H22N4O5/c1-12-5-6-14(9-17(12)29-18(11-27-3)21(26)28-4)19-23-20(30-24-19)16-10-22-25(13(16)2)15-7-8-15/h5-6,9-11,15H,7-8H2,1-4H3/b18-11-. The fraction of sp³-hybridized carbons (Fsp3) is 0.333. The third-order valence-corrected chi connectivity index (χ3v) is 4.87. The van der Waals surface area contributed by atoms with Gasteiger partial charge in [0.25, 0.3) is 5.89 Å². The molecule has 0 bridgehead atoms. The number of rotatable bonds is 7. The second-order valence-corrected chi connectivity index (χ2v) is 7.03. The van der Waals surface area contributed by atoms with Crippen molar-refractivity contribution in [2.24, 2.45) is 0 Å². The van der Waals surface area contributed by atoms with Gasteiger partial charge in [-0.25, -0.2) is 4.79 Å². The van der Waals surface area contributed by atoms with Gasteiger partial charge >= 0.3 is 5.97 Å². The van der Waals surface area contributed by atoms with Gasteiger partial charge in [0.1, 0.15) is 12.0 Å². The van der Waals surface area contributed by atoms with Gasteiger partial charge in [0.05, 0.1) is 32.0 Å². The van der Waals surface area contributed by atoms with E-state index in [-0.39, 0.29) is 5.76 Å². The van der Waals surface area contributed by atoms with Crippen LogP contribution in [-0.4, -0.2) is 40.1 Å². The molecule has 1 saturated carbocycles. The topological polar surface area (TPSA) is 102 Å². The molecule has 3 aromatic rings.